The summed E-state index contributed by atoms with van der Waals surface area (Å²) in [5.41, 5.74) is 7.44. The SMILES string of the molecule is Cc1sc2nc(C(C)Sc3nnc(C4CC4)n3Cc3ccco3)nc(N)c2c1C. The highest BCUT2D eigenvalue weighted by atomic mass is 32.2. The molecule has 0 bridgehead atoms. The first-order valence-corrected chi connectivity index (χ1v) is 11.4. The van der Waals surface area contributed by atoms with E-state index in [0.29, 0.717) is 18.3 Å². The Bertz CT molecular complexity index is 1180. The van der Waals surface area contributed by atoms with E-state index in [2.05, 4.69) is 40.5 Å². The van der Waals surface area contributed by atoms with Crippen molar-refractivity contribution < 1.29 is 4.42 Å². The third-order valence-corrected chi connectivity index (χ3v) is 7.48. The van der Waals surface area contributed by atoms with Crippen LogP contribution in [0.5, 0.6) is 0 Å². The van der Waals surface area contributed by atoms with Crippen LogP contribution in [0.15, 0.2) is 28.0 Å². The number of nitrogens with two attached hydrogens (primary N) is 1. The van der Waals surface area contributed by atoms with Crippen molar-refractivity contribution in [2.45, 2.75) is 56.5 Å². The molecule has 1 saturated carbocycles. The van der Waals surface area contributed by atoms with Crippen molar-refractivity contribution in [3.63, 3.8) is 0 Å². The summed E-state index contributed by atoms with van der Waals surface area (Å²) in [6, 6.07) is 3.89. The maximum absolute atomic E-state index is 6.28. The monoisotopic (exact) mass is 426 g/mol. The number of thiophene rings is 1. The van der Waals surface area contributed by atoms with Gasteiger partial charge in [-0.25, -0.2) is 9.97 Å². The number of aryl methyl sites for hydroxylation is 2. The van der Waals surface area contributed by atoms with Gasteiger partial charge in [0.1, 0.15) is 28.1 Å². The van der Waals surface area contributed by atoms with Gasteiger partial charge in [-0.1, -0.05) is 11.8 Å². The number of rotatable bonds is 6. The minimum absolute atomic E-state index is 0.00369. The van der Waals surface area contributed by atoms with Gasteiger partial charge < -0.3 is 10.2 Å². The Hall–Kier alpha value is -2.39. The predicted octanol–water partition coefficient (Wildman–Crippen LogP) is 4.85. The quantitative estimate of drug-likeness (QED) is 0.440. The van der Waals surface area contributed by atoms with E-state index in [4.69, 9.17) is 15.1 Å². The van der Waals surface area contributed by atoms with E-state index in [0.717, 1.165) is 32.8 Å². The Kier molecular flexibility index (Phi) is 4.59. The van der Waals surface area contributed by atoms with Crippen molar-refractivity contribution in [3.05, 3.63) is 46.2 Å². The third-order valence-electron chi connectivity index (χ3n) is 5.30. The Morgan fingerprint density at radius 1 is 1.31 bits per heavy atom. The van der Waals surface area contributed by atoms with Crippen molar-refractivity contribution in [3.8, 4) is 0 Å². The van der Waals surface area contributed by atoms with Crippen LogP contribution in [0.3, 0.4) is 0 Å². The van der Waals surface area contributed by atoms with Crippen molar-refractivity contribution in [2.75, 3.05) is 5.73 Å². The second-order valence-electron chi connectivity index (χ2n) is 7.47. The van der Waals surface area contributed by atoms with E-state index in [9.17, 15) is 0 Å². The zero-order valence-corrected chi connectivity index (χ0v) is 18.2. The summed E-state index contributed by atoms with van der Waals surface area (Å²) in [4.78, 5) is 11.6. The fraction of sp³-hybridized carbons (Fsp3) is 0.400. The van der Waals surface area contributed by atoms with Gasteiger partial charge in [-0.3, -0.25) is 4.57 Å². The highest BCUT2D eigenvalue weighted by Crippen LogP contribution is 2.42. The molecule has 1 unspecified atom stereocenters. The number of hydrogen-bond acceptors (Lipinski definition) is 8. The van der Waals surface area contributed by atoms with Gasteiger partial charge in [-0.2, -0.15) is 0 Å². The first-order valence-electron chi connectivity index (χ1n) is 9.66. The van der Waals surface area contributed by atoms with Gasteiger partial charge in [0.15, 0.2) is 5.16 Å². The lowest BCUT2D eigenvalue weighted by Gasteiger charge is -2.12. The van der Waals surface area contributed by atoms with Gasteiger partial charge in [0.05, 0.1) is 23.4 Å². The van der Waals surface area contributed by atoms with Crippen LogP contribution in [-0.4, -0.2) is 24.7 Å². The molecular formula is C20H22N6OS2. The smallest absolute Gasteiger partial charge is 0.192 e. The molecule has 1 aliphatic carbocycles. The molecule has 4 aromatic rings. The molecule has 1 atom stereocenters. The number of anilines is 1. The highest BCUT2D eigenvalue weighted by Gasteiger charge is 2.31. The first kappa shape index (κ1) is 18.6. The molecule has 0 radical (unpaired) electrons. The molecule has 0 saturated heterocycles. The van der Waals surface area contributed by atoms with Gasteiger partial charge in [0.25, 0.3) is 0 Å². The van der Waals surface area contributed by atoms with E-state index in [1.807, 2.05) is 12.1 Å². The van der Waals surface area contributed by atoms with Crippen molar-refractivity contribution in [1.29, 1.82) is 0 Å². The molecule has 150 valence electrons. The molecule has 0 amide bonds. The maximum Gasteiger partial charge on any atom is 0.192 e. The minimum atomic E-state index is -0.00369. The van der Waals surface area contributed by atoms with Crippen molar-refractivity contribution in [1.82, 2.24) is 24.7 Å². The van der Waals surface area contributed by atoms with Crippen LogP contribution in [0.1, 0.15) is 58.8 Å². The molecule has 7 nitrogen and oxygen atoms in total. The summed E-state index contributed by atoms with van der Waals surface area (Å²) in [6.07, 6.45) is 4.04. The summed E-state index contributed by atoms with van der Waals surface area (Å²) < 4.78 is 7.72. The van der Waals surface area contributed by atoms with Crippen LogP contribution in [-0.2, 0) is 6.54 Å². The number of furan rings is 1. The molecule has 29 heavy (non-hydrogen) atoms. The Balaban J connectivity index is 1.46. The van der Waals surface area contributed by atoms with Gasteiger partial charge in [0, 0.05) is 10.8 Å². The Labute approximate surface area is 176 Å². The summed E-state index contributed by atoms with van der Waals surface area (Å²) in [7, 11) is 0. The average Bonchev–Trinajstić information content (AvgIpc) is 3.12. The fourth-order valence-corrected chi connectivity index (χ4v) is 5.37. The first-order chi connectivity index (χ1) is 14.0. The molecular weight excluding hydrogens is 404 g/mol. The summed E-state index contributed by atoms with van der Waals surface area (Å²) >= 11 is 3.28. The molecule has 1 fully saturated rings. The number of thioether (sulfide) groups is 1. The van der Waals surface area contributed by atoms with Crippen LogP contribution >= 0.6 is 23.1 Å². The van der Waals surface area contributed by atoms with Gasteiger partial charge >= 0.3 is 0 Å². The number of fused-ring (bicyclic) bond motifs is 1. The molecule has 1 aliphatic rings. The molecule has 9 heteroatoms. The molecule has 4 heterocycles. The Morgan fingerprint density at radius 2 is 2.14 bits per heavy atom. The maximum atomic E-state index is 6.28. The second-order valence-corrected chi connectivity index (χ2v) is 9.98. The third kappa shape index (κ3) is 3.42. The van der Waals surface area contributed by atoms with E-state index < -0.39 is 0 Å². The number of aromatic nitrogens is 5. The zero-order valence-electron chi connectivity index (χ0n) is 16.5. The molecule has 2 N–H and O–H groups in total. The predicted molar refractivity (Wildman–Crippen MR) is 115 cm³/mol. The lowest BCUT2D eigenvalue weighted by Crippen LogP contribution is -2.07. The highest BCUT2D eigenvalue weighted by molar-refractivity contribution is 7.99. The standard InChI is InChI=1S/C20H22N6OS2/c1-10-11(2)28-19-15(10)16(21)22-17(23-19)12(3)29-20-25-24-18(13-6-7-13)26(20)9-14-5-4-8-27-14/h4-5,8,12-13H,6-7,9H2,1-3H3,(H2,21,22,23). The van der Waals surface area contributed by atoms with Crippen molar-refractivity contribution >= 4 is 39.1 Å². The number of nitrogen functional groups attached to an aromatic ring is 1. The van der Waals surface area contributed by atoms with Crippen LogP contribution in [0.25, 0.3) is 10.2 Å². The number of hydrogen-bond donors (Lipinski definition) is 1. The second kappa shape index (κ2) is 7.14. The van der Waals surface area contributed by atoms with Crippen LogP contribution in [0, 0.1) is 13.8 Å². The van der Waals surface area contributed by atoms with E-state index in [-0.39, 0.29) is 5.25 Å². The van der Waals surface area contributed by atoms with E-state index >= 15 is 0 Å². The van der Waals surface area contributed by atoms with Gasteiger partial charge in [-0.15, -0.1) is 21.5 Å². The lowest BCUT2D eigenvalue weighted by molar-refractivity contribution is 0.478. The normalized spacial score (nSPS) is 15.3. The van der Waals surface area contributed by atoms with Gasteiger partial charge in [0.2, 0.25) is 0 Å². The number of nitrogens with zero attached hydrogens (tertiary/aromatic N) is 5. The van der Waals surface area contributed by atoms with Crippen LogP contribution in [0.2, 0.25) is 0 Å². The topological polar surface area (TPSA) is 95.6 Å². The molecule has 5 rings (SSSR count). The minimum Gasteiger partial charge on any atom is -0.467 e. The zero-order chi connectivity index (χ0) is 20.1. The van der Waals surface area contributed by atoms with E-state index in [1.54, 1.807) is 29.4 Å². The van der Waals surface area contributed by atoms with Crippen molar-refractivity contribution in [2.24, 2.45) is 0 Å². The fourth-order valence-electron chi connectivity index (χ4n) is 3.43. The van der Waals surface area contributed by atoms with E-state index in [1.165, 1.54) is 23.3 Å². The lowest BCUT2D eigenvalue weighted by atomic mass is 10.2. The van der Waals surface area contributed by atoms with Crippen LogP contribution in [0.4, 0.5) is 5.82 Å². The average molecular weight is 427 g/mol. The largest absolute Gasteiger partial charge is 0.467 e. The molecule has 0 aliphatic heterocycles. The molecule has 0 aromatic carbocycles. The molecule has 0 spiro atoms. The molecule has 4 aromatic heterocycles. The summed E-state index contributed by atoms with van der Waals surface area (Å²) in [5, 5.41) is 10.8. The summed E-state index contributed by atoms with van der Waals surface area (Å²) in [6.45, 7) is 6.88. The van der Waals surface area contributed by atoms with Crippen LogP contribution < -0.4 is 5.73 Å². The van der Waals surface area contributed by atoms with Gasteiger partial charge in [-0.05, 0) is 51.3 Å². The Morgan fingerprint density at radius 3 is 2.86 bits per heavy atom. The summed E-state index contributed by atoms with van der Waals surface area (Å²) in [5.74, 6) is 3.71.